The number of carbonyl (C=O) groups is 3. The van der Waals surface area contributed by atoms with Crippen LogP contribution in [0.3, 0.4) is 0 Å². The van der Waals surface area contributed by atoms with Crippen LogP contribution < -0.4 is 15.4 Å². The van der Waals surface area contributed by atoms with E-state index in [1.54, 1.807) is 18.2 Å². The Morgan fingerprint density at radius 2 is 1.89 bits per heavy atom. The average Bonchev–Trinajstić information content (AvgIpc) is 2.69. The van der Waals surface area contributed by atoms with Crippen LogP contribution in [0, 0.1) is 0 Å². The minimum Gasteiger partial charge on any atom is -0.492 e. The topological polar surface area (TPSA) is 93.7 Å². The maximum atomic E-state index is 12.1. The maximum Gasteiger partial charge on any atom is 0.338 e. The fraction of sp³-hybridized carbons (Fsp3) is 0.250. The SMILES string of the molecule is O=C(COC(=O)c1ccc2c(c1)CCC(=O)N2)NCCOc1ccccc1. The number of ether oxygens (including phenoxy) is 2. The van der Waals surface area contributed by atoms with Crippen molar-refractivity contribution in [3.05, 3.63) is 59.7 Å². The molecule has 0 radical (unpaired) electrons. The molecule has 2 amide bonds. The van der Waals surface area contributed by atoms with Crippen LogP contribution in [0.4, 0.5) is 5.69 Å². The predicted molar refractivity (Wildman–Crippen MR) is 98.6 cm³/mol. The molecule has 0 saturated heterocycles. The van der Waals surface area contributed by atoms with Crippen molar-refractivity contribution < 1.29 is 23.9 Å². The van der Waals surface area contributed by atoms with Crippen molar-refractivity contribution in [3.63, 3.8) is 0 Å². The van der Waals surface area contributed by atoms with Crippen molar-refractivity contribution in [2.75, 3.05) is 25.1 Å². The first-order valence-corrected chi connectivity index (χ1v) is 8.66. The molecule has 2 N–H and O–H groups in total. The zero-order chi connectivity index (χ0) is 19.1. The number of rotatable bonds is 7. The number of hydrogen-bond acceptors (Lipinski definition) is 5. The third-order valence-electron chi connectivity index (χ3n) is 4.01. The molecule has 0 aromatic heterocycles. The highest BCUT2D eigenvalue weighted by molar-refractivity contribution is 5.96. The first-order chi connectivity index (χ1) is 13.1. The first-order valence-electron chi connectivity index (χ1n) is 8.66. The van der Waals surface area contributed by atoms with Crippen molar-refractivity contribution in [1.29, 1.82) is 0 Å². The Balaban J connectivity index is 1.39. The molecule has 1 aliphatic heterocycles. The summed E-state index contributed by atoms with van der Waals surface area (Å²) in [4.78, 5) is 35.2. The zero-order valence-electron chi connectivity index (χ0n) is 14.7. The van der Waals surface area contributed by atoms with Gasteiger partial charge in [-0.3, -0.25) is 9.59 Å². The van der Waals surface area contributed by atoms with E-state index in [-0.39, 0.29) is 12.5 Å². The molecule has 0 saturated carbocycles. The lowest BCUT2D eigenvalue weighted by Gasteiger charge is -2.17. The standard InChI is InChI=1S/C20H20N2O5/c23-18-9-7-14-12-15(6-8-17(14)22-18)20(25)27-13-19(24)21-10-11-26-16-4-2-1-3-5-16/h1-6,8,12H,7,9-11,13H2,(H,21,24)(H,22,23). The monoisotopic (exact) mass is 368 g/mol. The van der Waals surface area contributed by atoms with E-state index in [1.165, 1.54) is 0 Å². The number of hydrogen-bond donors (Lipinski definition) is 2. The smallest absolute Gasteiger partial charge is 0.338 e. The number of aryl methyl sites for hydroxylation is 1. The van der Waals surface area contributed by atoms with E-state index in [0.29, 0.717) is 37.2 Å². The molecule has 27 heavy (non-hydrogen) atoms. The molecule has 2 aromatic carbocycles. The van der Waals surface area contributed by atoms with Crippen LogP contribution in [0.1, 0.15) is 22.3 Å². The van der Waals surface area contributed by atoms with Gasteiger partial charge in [0.1, 0.15) is 12.4 Å². The number of anilines is 1. The van der Waals surface area contributed by atoms with Gasteiger partial charge in [-0.25, -0.2) is 4.79 Å². The third-order valence-corrected chi connectivity index (χ3v) is 4.01. The van der Waals surface area contributed by atoms with Crippen molar-refractivity contribution in [2.45, 2.75) is 12.8 Å². The number of fused-ring (bicyclic) bond motifs is 1. The molecular formula is C20H20N2O5. The van der Waals surface area contributed by atoms with Gasteiger partial charge in [0, 0.05) is 12.1 Å². The second kappa shape index (κ2) is 8.84. The normalized spacial score (nSPS) is 12.5. The number of nitrogens with one attached hydrogen (secondary N) is 2. The summed E-state index contributed by atoms with van der Waals surface area (Å²) >= 11 is 0. The minimum atomic E-state index is -0.578. The van der Waals surface area contributed by atoms with E-state index in [0.717, 1.165) is 11.3 Å². The summed E-state index contributed by atoms with van der Waals surface area (Å²) in [5.41, 5.74) is 1.94. The van der Waals surface area contributed by atoms with Crippen molar-refractivity contribution >= 4 is 23.5 Å². The van der Waals surface area contributed by atoms with Crippen molar-refractivity contribution in [2.24, 2.45) is 0 Å². The molecule has 0 fully saturated rings. The Kier molecular flexibility index (Phi) is 6.04. The van der Waals surface area contributed by atoms with Gasteiger partial charge in [-0.1, -0.05) is 18.2 Å². The number of amides is 2. The van der Waals surface area contributed by atoms with Crippen LogP contribution in [-0.4, -0.2) is 37.5 Å². The molecule has 1 aliphatic rings. The van der Waals surface area contributed by atoms with Gasteiger partial charge in [-0.05, 0) is 42.3 Å². The quantitative estimate of drug-likeness (QED) is 0.575. The first kappa shape index (κ1) is 18.4. The minimum absolute atomic E-state index is 0.0364. The highest BCUT2D eigenvalue weighted by atomic mass is 16.5. The van der Waals surface area contributed by atoms with Crippen LogP contribution in [-0.2, 0) is 20.7 Å². The number of benzene rings is 2. The van der Waals surface area contributed by atoms with Gasteiger partial charge in [0.25, 0.3) is 5.91 Å². The fourth-order valence-electron chi connectivity index (χ4n) is 2.65. The molecule has 0 unspecified atom stereocenters. The van der Waals surface area contributed by atoms with Gasteiger partial charge in [0.2, 0.25) is 5.91 Å². The molecule has 7 heteroatoms. The Bertz CT molecular complexity index is 836. The summed E-state index contributed by atoms with van der Waals surface area (Å²) in [6.07, 6.45) is 0.961. The van der Waals surface area contributed by atoms with Crippen LogP contribution >= 0.6 is 0 Å². The molecular weight excluding hydrogens is 348 g/mol. The summed E-state index contributed by atoms with van der Waals surface area (Å²) in [7, 11) is 0. The summed E-state index contributed by atoms with van der Waals surface area (Å²) in [5.74, 6) is -0.289. The summed E-state index contributed by atoms with van der Waals surface area (Å²) in [6, 6.07) is 14.2. The predicted octanol–water partition coefficient (Wildman–Crippen LogP) is 1.92. The third kappa shape index (κ3) is 5.31. The lowest BCUT2D eigenvalue weighted by atomic mass is 10.0. The molecule has 0 aliphatic carbocycles. The Hall–Kier alpha value is -3.35. The summed E-state index contributed by atoms with van der Waals surface area (Å²) < 4.78 is 10.5. The van der Waals surface area contributed by atoms with Gasteiger partial charge >= 0.3 is 5.97 Å². The van der Waals surface area contributed by atoms with E-state index in [2.05, 4.69) is 10.6 Å². The number of esters is 1. The van der Waals surface area contributed by atoms with Gasteiger partial charge in [-0.2, -0.15) is 0 Å². The highest BCUT2D eigenvalue weighted by Gasteiger charge is 2.17. The van der Waals surface area contributed by atoms with Crippen LogP contribution in [0.15, 0.2) is 48.5 Å². The second-order valence-electron chi connectivity index (χ2n) is 6.01. The largest absolute Gasteiger partial charge is 0.492 e. The van der Waals surface area contributed by atoms with Gasteiger partial charge < -0.3 is 20.1 Å². The van der Waals surface area contributed by atoms with Crippen LogP contribution in [0.25, 0.3) is 0 Å². The zero-order valence-corrected chi connectivity index (χ0v) is 14.7. The van der Waals surface area contributed by atoms with E-state index in [9.17, 15) is 14.4 Å². The maximum absolute atomic E-state index is 12.1. The highest BCUT2D eigenvalue weighted by Crippen LogP contribution is 2.23. The van der Waals surface area contributed by atoms with E-state index >= 15 is 0 Å². The van der Waals surface area contributed by atoms with Crippen molar-refractivity contribution in [1.82, 2.24) is 5.32 Å². The fourth-order valence-corrected chi connectivity index (χ4v) is 2.65. The van der Waals surface area contributed by atoms with Crippen LogP contribution in [0.5, 0.6) is 5.75 Å². The lowest BCUT2D eigenvalue weighted by Crippen LogP contribution is -2.32. The lowest BCUT2D eigenvalue weighted by molar-refractivity contribution is -0.124. The molecule has 0 atom stereocenters. The van der Waals surface area contributed by atoms with E-state index in [4.69, 9.17) is 9.47 Å². The van der Waals surface area contributed by atoms with Gasteiger partial charge in [0.05, 0.1) is 12.1 Å². The van der Waals surface area contributed by atoms with Crippen LogP contribution in [0.2, 0.25) is 0 Å². The Morgan fingerprint density at radius 1 is 1.07 bits per heavy atom. The molecule has 0 spiro atoms. The second-order valence-corrected chi connectivity index (χ2v) is 6.01. The van der Waals surface area contributed by atoms with Gasteiger partial charge in [0.15, 0.2) is 6.61 Å². The number of carbonyl (C=O) groups excluding carboxylic acids is 3. The molecule has 7 nitrogen and oxygen atoms in total. The molecule has 0 bridgehead atoms. The molecule has 140 valence electrons. The van der Waals surface area contributed by atoms with E-state index in [1.807, 2.05) is 30.3 Å². The average molecular weight is 368 g/mol. The van der Waals surface area contributed by atoms with Crippen molar-refractivity contribution in [3.8, 4) is 5.75 Å². The van der Waals surface area contributed by atoms with Gasteiger partial charge in [-0.15, -0.1) is 0 Å². The summed E-state index contributed by atoms with van der Waals surface area (Å²) in [6.45, 7) is 0.266. The van der Waals surface area contributed by atoms with E-state index < -0.39 is 11.9 Å². The number of para-hydroxylation sites is 1. The summed E-state index contributed by atoms with van der Waals surface area (Å²) in [5, 5.41) is 5.38. The Morgan fingerprint density at radius 3 is 2.70 bits per heavy atom. The molecule has 3 rings (SSSR count). The molecule has 2 aromatic rings. The Labute approximate surface area is 156 Å². The molecule has 1 heterocycles.